The van der Waals surface area contributed by atoms with Gasteiger partial charge < -0.3 is 29.0 Å². The van der Waals surface area contributed by atoms with Crippen molar-refractivity contribution < 1.29 is 37.7 Å². The van der Waals surface area contributed by atoms with Gasteiger partial charge in [-0.25, -0.2) is 4.39 Å². The molecule has 0 bridgehead atoms. The summed E-state index contributed by atoms with van der Waals surface area (Å²) in [4.78, 5) is 30.0. The number of rotatable bonds is 9. The van der Waals surface area contributed by atoms with Crippen LogP contribution in [0.2, 0.25) is 0 Å². The van der Waals surface area contributed by atoms with E-state index >= 15 is 0 Å². The van der Waals surface area contributed by atoms with E-state index in [4.69, 9.17) is 23.7 Å². The van der Waals surface area contributed by atoms with Crippen LogP contribution >= 0.6 is 0 Å². The van der Waals surface area contributed by atoms with Gasteiger partial charge in [-0.15, -0.1) is 0 Å². The summed E-state index contributed by atoms with van der Waals surface area (Å²) < 4.78 is 42.6. The Labute approximate surface area is 244 Å². The minimum absolute atomic E-state index is 0.0397. The maximum atomic E-state index is 14.4. The summed E-state index contributed by atoms with van der Waals surface area (Å²) in [6.07, 6.45) is 3.74. The van der Waals surface area contributed by atoms with Gasteiger partial charge in [0.05, 0.1) is 21.3 Å². The molecule has 0 aromatic heterocycles. The first kappa shape index (κ1) is 29.0. The summed E-state index contributed by atoms with van der Waals surface area (Å²) in [5, 5.41) is 3.16. The highest BCUT2D eigenvalue weighted by Gasteiger charge is 2.40. The normalized spacial score (nSPS) is 17.1. The maximum Gasteiger partial charge on any atom is 0.272 e. The number of fused-ring (bicyclic) bond motifs is 1. The minimum atomic E-state index is -1.20. The molecule has 1 saturated carbocycles. The first-order valence-corrected chi connectivity index (χ1v) is 14.0. The zero-order valence-electron chi connectivity index (χ0n) is 23.9. The molecule has 3 aromatic carbocycles. The second-order valence-electron chi connectivity index (χ2n) is 10.3. The van der Waals surface area contributed by atoms with E-state index in [1.165, 1.54) is 50.5 Å². The largest absolute Gasteiger partial charge is 0.493 e. The van der Waals surface area contributed by atoms with Crippen LogP contribution in [-0.2, 0) is 9.59 Å². The first-order chi connectivity index (χ1) is 20.4. The van der Waals surface area contributed by atoms with E-state index in [1.54, 1.807) is 30.3 Å². The van der Waals surface area contributed by atoms with Gasteiger partial charge in [0.15, 0.2) is 23.0 Å². The molecule has 0 saturated heterocycles. The molecule has 0 radical (unpaired) electrons. The predicted molar refractivity (Wildman–Crippen MR) is 154 cm³/mol. The second kappa shape index (κ2) is 13.0. The molecule has 1 heterocycles. The van der Waals surface area contributed by atoms with Crippen LogP contribution in [0, 0.1) is 5.82 Å². The van der Waals surface area contributed by atoms with Gasteiger partial charge in [0, 0.05) is 11.7 Å². The Hall–Kier alpha value is -4.47. The number of amides is 2. The molecule has 2 atom stereocenters. The van der Waals surface area contributed by atoms with Gasteiger partial charge in [0.1, 0.15) is 18.5 Å². The Morgan fingerprint density at radius 1 is 0.905 bits per heavy atom. The highest BCUT2D eigenvalue weighted by Crippen LogP contribution is 2.42. The summed E-state index contributed by atoms with van der Waals surface area (Å²) >= 11 is 0. The molecule has 1 fully saturated rings. The molecule has 5 rings (SSSR count). The van der Waals surface area contributed by atoms with Crippen LogP contribution in [0.1, 0.15) is 43.7 Å². The van der Waals surface area contributed by atoms with Crippen LogP contribution in [0.25, 0.3) is 0 Å². The average Bonchev–Trinajstić information content (AvgIpc) is 3.03. The van der Waals surface area contributed by atoms with Crippen molar-refractivity contribution in [3.63, 3.8) is 0 Å². The Morgan fingerprint density at radius 3 is 2.17 bits per heavy atom. The quantitative estimate of drug-likeness (QED) is 0.372. The number of ether oxygens (including phenoxy) is 5. The van der Waals surface area contributed by atoms with Crippen molar-refractivity contribution >= 4 is 17.5 Å². The van der Waals surface area contributed by atoms with E-state index in [9.17, 15) is 14.0 Å². The molecular formula is C32H35FN2O7. The van der Waals surface area contributed by atoms with E-state index in [0.29, 0.717) is 40.0 Å². The van der Waals surface area contributed by atoms with Crippen molar-refractivity contribution in [2.75, 3.05) is 32.8 Å². The summed E-state index contributed by atoms with van der Waals surface area (Å²) in [7, 11) is 4.44. The molecule has 222 valence electrons. The Kier molecular flexibility index (Phi) is 9.00. The minimum Gasteiger partial charge on any atom is -0.493 e. The Balaban J connectivity index is 1.62. The van der Waals surface area contributed by atoms with E-state index in [-0.39, 0.29) is 12.6 Å². The number of anilines is 1. The SMILES string of the molecule is COc1cc(C(C(=O)NC2CCCCC2)N(C(=O)C2COc3ccccc3O2)c2ccc(F)cc2)cc(OC)c1OC. The summed E-state index contributed by atoms with van der Waals surface area (Å²) in [6.45, 7) is -0.0697. The second-order valence-corrected chi connectivity index (χ2v) is 10.3. The van der Waals surface area contributed by atoms with E-state index < -0.39 is 29.8 Å². The van der Waals surface area contributed by atoms with Crippen LogP contribution in [0.15, 0.2) is 60.7 Å². The molecule has 1 aliphatic carbocycles. The topological polar surface area (TPSA) is 95.6 Å². The predicted octanol–water partition coefficient (Wildman–Crippen LogP) is 5.21. The summed E-state index contributed by atoms with van der Waals surface area (Å²) in [5.41, 5.74) is 0.717. The van der Waals surface area contributed by atoms with Crippen molar-refractivity contribution in [2.24, 2.45) is 0 Å². The Morgan fingerprint density at radius 2 is 1.55 bits per heavy atom. The van der Waals surface area contributed by atoms with Crippen LogP contribution < -0.4 is 33.9 Å². The van der Waals surface area contributed by atoms with Gasteiger partial charge in [0.25, 0.3) is 5.91 Å². The zero-order valence-corrected chi connectivity index (χ0v) is 23.9. The van der Waals surface area contributed by atoms with Crippen molar-refractivity contribution in [1.29, 1.82) is 0 Å². The molecule has 9 nitrogen and oxygen atoms in total. The molecular weight excluding hydrogens is 543 g/mol. The first-order valence-electron chi connectivity index (χ1n) is 14.0. The number of carbonyl (C=O) groups excluding carboxylic acids is 2. The fourth-order valence-electron chi connectivity index (χ4n) is 5.51. The lowest BCUT2D eigenvalue weighted by atomic mass is 9.94. The van der Waals surface area contributed by atoms with Gasteiger partial charge in [-0.2, -0.15) is 0 Å². The molecule has 2 aliphatic rings. The van der Waals surface area contributed by atoms with Crippen molar-refractivity contribution in [1.82, 2.24) is 5.32 Å². The monoisotopic (exact) mass is 578 g/mol. The van der Waals surface area contributed by atoms with E-state index in [2.05, 4.69) is 5.32 Å². The van der Waals surface area contributed by atoms with Crippen LogP contribution in [0.5, 0.6) is 28.7 Å². The molecule has 10 heteroatoms. The number of para-hydroxylation sites is 2. The van der Waals surface area contributed by atoms with E-state index in [0.717, 1.165) is 32.1 Å². The smallest absolute Gasteiger partial charge is 0.272 e. The third-order valence-electron chi connectivity index (χ3n) is 7.59. The lowest BCUT2D eigenvalue weighted by Gasteiger charge is -2.36. The van der Waals surface area contributed by atoms with Crippen LogP contribution in [-0.4, -0.2) is 51.9 Å². The number of hydrogen-bond acceptors (Lipinski definition) is 7. The molecule has 1 N–H and O–H groups in total. The van der Waals surface area contributed by atoms with Crippen LogP contribution in [0.3, 0.4) is 0 Å². The fourth-order valence-corrected chi connectivity index (χ4v) is 5.51. The number of nitrogens with one attached hydrogen (secondary N) is 1. The Bertz CT molecular complexity index is 1380. The molecule has 1 aliphatic heterocycles. The number of hydrogen-bond donors (Lipinski definition) is 1. The lowest BCUT2D eigenvalue weighted by Crippen LogP contribution is -2.52. The fraction of sp³-hybridized carbons (Fsp3) is 0.375. The lowest BCUT2D eigenvalue weighted by molar-refractivity contribution is -0.132. The number of benzene rings is 3. The number of halogens is 1. The third kappa shape index (κ3) is 6.07. The van der Waals surface area contributed by atoms with Crippen molar-refractivity contribution in [3.8, 4) is 28.7 Å². The number of methoxy groups -OCH3 is 3. The standard InChI is InChI=1S/C32H35FN2O7/c1-38-26-17-20(18-27(39-2)30(26)40-3)29(31(36)34-22-9-5-4-6-10-22)35(23-15-13-21(33)14-16-23)32(37)28-19-41-24-11-7-8-12-25(24)42-28/h7-8,11-18,22,28-29H,4-6,9-10,19H2,1-3H3,(H,34,36). The van der Waals surface area contributed by atoms with E-state index in [1.807, 2.05) is 6.07 Å². The summed E-state index contributed by atoms with van der Waals surface area (Å²) in [5.74, 6) is 0.506. The number of carbonyl (C=O) groups is 2. The van der Waals surface area contributed by atoms with Gasteiger partial charge >= 0.3 is 0 Å². The van der Waals surface area contributed by atoms with Gasteiger partial charge in [-0.3, -0.25) is 14.5 Å². The van der Waals surface area contributed by atoms with Crippen molar-refractivity contribution in [2.45, 2.75) is 50.3 Å². The maximum absolute atomic E-state index is 14.4. The average molecular weight is 579 g/mol. The van der Waals surface area contributed by atoms with Gasteiger partial charge in [0.2, 0.25) is 17.8 Å². The molecule has 42 heavy (non-hydrogen) atoms. The molecule has 3 aromatic rings. The van der Waals surface area contributed by atoms with Gasteiger partial charge in [-0.1, -0.05) is 31.4 Å². The van der Waals surface area contributed by atoms with Crippen molar-refractivity contribution in [3.05, 3.63) is 72.0 Å². The molecule has 0 spiro atoms. The zero-order chi connectivity index (χ0) is 29.6. The molecule has 2 unspecified atom stereocenters. The highest BCUT2D eigenvalue weighted by molar-refractivity contribution is 6.04. The summed E-state index contributed by atoms with van der Waals surface area (Å²) in [6, 6.07) is 14.5. The third-order valence-corrected chi connectivity index (χ3v) is 7.59. The van der Waals surface area contributed by atoms with Crippen LogP contribution in [0.4, 0.5) is 10.1 Å². The number of nitrogens with zero attached hydrogens (tertiary/aromatic N) is 1. The van der Waals surface area contributed by atoms with Gasteiger partial charge in [-0.05, 0) is 66.9 Å². The highest BCUT2D eigenvalue weighted by atomic mass is 19.1. The molecule has 2 amide bonds.